The molecule has 18 heavy (non-hydrogen) atoms. The number of hydrogen-bond acceptors (Lipinski definition) is 3. The molecule has 1 aliphatic heterocycles. The standard InChI is InChI=1S/C14H20N2O2/c1-10-12(15)6-5-7-13(10)18-11(2)14(17)16-8-3-4-9-16/h5-7,11H,3-4,8-9,15H2,1-2H3. The molecule has 4 heteroatoms. The molecular formula is C14H20N2O2. The van der Waals surface area contributed by atoms with E-state index in [0.717, 1.165) is 31.5 Å². The van der Waals surface area contributed by atoms with Crippen molar-refractivity contribution in [3.05, 3.63) is 23.8 Å². The highest BCUT2D eigenvalue weighted by Crippen LogP contribution is 2.24. The first-order valence-electron chi connectivity index (χ1n) is 6.40. The molecule has 98 valence electrons. The predicted octanol–water partition coefficient (Wildman–Crippen LogP) is 1.97. The molecule has 1 fully saturated rings. The molecule has 0 aliphatic carbocycles. The van der Waals surface area contributed by atoms with Crippen LogP contribution in [0.15, 0.2) is 18.2 Å². The summed E-state index contributed by atoms with van der Waals surface area (Å²) in [7, 11) is 0. The number of carbonyl (C=O) groups is 1. The highest BCUT2D eigenvalue weighted by Gasteiger charge is 2.24. The van der Waals surface area contributed by atoms with Gasteiger partial charge in [-0.2, -0.15) is 0 Å². The van der Waals surface area contributed by atoms with Gasteiger partial charge < -0.3 is 15.4 Å². The maximum absolute atomic E-state index is 12.1. The van der Waals surface area contributed by atoms with Crippen LogP contribution >= 0.6 is 0 Å². The van der Waals surface area contributed by atoms with Gasteiger partial charge in [0, 0.05) is 24.3 Å². The summed E-state index contributed by atoms with van der Waals surface area (Å²) < 4.78 is 5.73. The quantitative estimate of drug-likeness (QED) is 0.832. The zero-order chi connectivity index (χ0) is 13.1. The van der Waals surface area contributed by atoms with E-state index in [1.807, 2.05) is 30.0 Å². The van der Waals surface area contributed by atoms with Gasteiger partial charge in [-0.15, -0.1) is 0 Å². The fraction of sp³-hybridized carbons (Fsp3) is 0.500. The molecule has 0 radical (unpaired) electrons. The molecule has 1 saturated heterocycles. The van der Waals surface area contributed by atoms with Gasteiger partial charge in [-0.3, -0.25) is 4.79 Å². The largest absolute Gasteiger partial charge is 0.481 e. The van der Waals surface area contributed by atoms with Crippen LogP contribution in [0.1, 0.15) is 25.3 Å². The van der Waals surface area contributed by atoms with Crippen molar-refractivity contribution in [2.24, 2.45) is 0 Å². The Kier molecular flexibility index (Phi) is 3.75. The van der Waals surface area contributed by atoms with Gasteiger partial charge in [0.05, 0.1) is 0 Å². The van der Waals surface area contributed by atoms with Crippen molar-refractivity contribution in [2.75, 3.05) is 18.8 Å². The summed E-state index contributed by atoms with van der Waals surface area (Å²) in [5.74, 6) is 0.754. The Balaban J connectivity index is 2.04. The lowest BCUT2D eigenvalue weighted by Crippen LogP contribution is -2.38. The predicted molar refractivity (Wildman–Crippen MR) is 71.5 cm³/mol. The van der Waals surface area contributed by atoms with Crippen molar-refractivity contribution in [1.29, 1.82) is 0 Å². The van der Waals surface area contributed by atoms with Crippen molar-refractivity contribution >= 4 is 11.6 Å². The summed E-state index contributed by atoms with van der Waals surface area (Å²) in [6.07, 6.45) is 1.73. The summed E-state index contributed by atoms with van der Waals surface area (Å²) >= 11 is 0. The van der Waals surface area contributed by atoms with Crippen LogP contribution in [0.3, 0.4) is 0 Å². The molecule has 0 aromatic heterocycles. The fourth-order valence-electron chi connectivity index (χ4n) is 2.19. The van der Waals surface area contributed by atoms with Crippen molar-refractivity contribution < 1.29 is 9.53 Å². The van der Waals surface area contributed by atoms with Crippen LogP contribution in [-0.4, -0.2) is 30.0 Å². The molecule has 2 rings (SSSR count). The first-order chi connectivity index (χ1) is 8.59. The van der Waals surface area contributed by atoms with Crippen LogP contribution in [0.5, 0.6) is 5.75 Å². The smallest absolute Gasteiger partial charge is 0.263 e. The maximum Gasteiger partial charge on any atom is 0.263 e. The van der Waals surface area contributed by atoms with Gasteiger partial charge in [-0.25, -0.2) is 0 Å². The Morgan fingerprint density at radius 2 is 2.06 bits per heavy atom. The molecule has 4 nitrogen and oxygen atoms in total. The van der Waals surface area contributed by atoms with E-state index in [4.69, 9.17) is 10.5 Å². The number of nitrogens with zero attached hydrogens (tertiary/aromatic N) is 1. The molecule has 1 atom stereocenters. The number of anilines is 1. The van der Waals surface area contributed by atoms with Crippen molar-refractivity contribution in [3.8, 4) is 5.75 Å². The Morgan fingerprint density at radius 1 is 1.39 bits per heavy atom. The normalized spacial score (nSPS) is 16.7. The topological polar surface area (TPSA) is 55.6 Å². The monoisotopic (exact) mass is 248 g/mol. The van der Waals surface area contributed by atoms with Gasteiger partial charge in [-0.05, 0) is 38.8 Å². The number of nitrogen functional groups attached to an aromatic ring is 1. The second kappa shape index (κ2) is 5.29. The first kappa shape index (κ1) is 12.7. The molecule has 0 spiro atoms. The average molecular weight is 248 g/mol. The third-order valence-electron chi connectivity index (χ3n) is 3.40. The van der Waals surface area contributed by atoms with E-state index in [-0.39, 0.29) is 5.91 Å². The number of benzene rings is 1. The van der Waals surface area contributed by atoms with Crippen molar-refractivity contribution in [2.45, 2.75) is 32.8 Å². The first-order valence-corrected chi connectivity index (χ1v) is 6.40. The van der Waals surface area contributed by atoms with Gasteiger partial charge in [0.25, 0.3) is 5.91 Å². The molecular weight excluding hydrogens is 228 g/mol. The van der Waals surface area contributed by atoms with Gasteiger partial charge in [-0.1, -0.05) is 6.07 Å². The number of amides is 1. The highest BCUT2D eigenvalue weighted by molar-refractivity contribution is 5.81. The van der Waals surface area contributed by atoms with Crippen LogP contribution in [0.4, 0.5) is 5.69 Å². The fourth-order valence-corrected chi connectivity index (χ4v) is 2.19. The summed E-state index contributed by atoms with van der Waals surface area (Å²) in [5.41, 5.74) is 7.40. The van der Waals surface area contributed by atoms with Crippen LogP contribution in [0.25, 0.3) is 0 Å². The Bertz CT molecular complexity index is 439. The van der Waals surface area contributed by atoms with Gasteiger partial charge in [0.15, 0.2) is 6.10 Å². The van der Waals surface area contributed by atoms with Crippen molar-refractivity contribution in [3.63, 3.8) is 0 Å². The SMILES string of the molecule is Cc1c(N)cccc1OC(C)C(=O)N1CCCC1. The van der Waals surface area contributed by atoms with E-state index in [2.05, 4.69) is 0 Å². The lowest BCUT2D eigenvalue weighted by Gasteiger charge is -2.22. The summed E-state index contributed by atoms with van der Waals surface area (Å²) in [6.45, 7) is 5.39. The number of rotatable bonds is 3. The van der Waals surface area contributed by atoms with Gasteiger partial charge in [0.2, 0.25) is 0 Å². The van der Waals surface area contributed by atoms with E-state index >= 15 is 0 Å². The Morgan fingerprint density at radius 3 is 2.72 bits per heavy atom. The highest BCUT2D eigenvalue weighted by atomic mass is 16.5. The van der Waals surface area contributed by atoms with Crippen LogP contribution < -0.4 is 10.5 Å². The minimum Gasteiger partial charge on any atom is -0.481 e. The van der Waals surface area contributed by atoms with Crippen LogP contribution in [-0.2, 0) is 4.79 Å². The number of carbonyl (C=O) groups excluding carboxylic acids is 1. The zero-order valence-corrected chi connectivity index (χ0v) is 11.0. The summed E-state index contributed by atoms with van der Waals surface area (Å²) in [4.78, 5) is 14.0. The number of nitrogens with two attached hydrogens (primary N) is 1. The second-order valence-corrected chi connectivity index (χ2v) is 4.76. The van der Waals surface area contributed by atoms with Gasteiger partial charge >= 0.3 is 0 Å². The van der Waals surface area contributed by atoms with Crippen LogP contribution in [0, 0.1) is 6.92 Å². The number of likely N-dealkylation sites (tertiary alicyclic amines) is 1. The molecule has 1 amide bonds. The zero-order valence-electron chi connectivity index (χ0n) is 11.0. The average Bonchev–Trinajstić information content (AvgIpc) is 2.87. The van der Waals surface area contributed by atoms with Gasteiger partial charge in [0.1, 0.15) is 5.75 Å². The molecule has 1 aromatic carbocycles. The summed E-state index contributed by atoms with van der Waals surface area (Å²) in [5, 5.41) is 0. The minimum atomic E-state index is -0.455. The molecule has 1 aliphatic rings. The molecule has 2 N–H and O–H groups in total. The molecule has 0 saturated carbocycles. The van der Waals surface area contributed by atoms with E-state index in [0.29, 0.717) is 11.4 Å². The molecule has 0 bridgehead atoms. The summed E-state index contributed by atoms with van der Waals surface area (Å²) in [6, 6.07) is 5.51. The minimum absolute atomic E-state index is 0.0642. The van der Waals surface area contributed by atoms with Crippen molar-refractivity contribution in [1.82, 2.24) is 4.90 Å². The van der Waals surface area contributed by atoms with E-state index in [1.165, 1.54) is 0 Å². The lowest BCUT2D eigenvalue weighted by atomic mass is 10.2. The van der Waals surface area contributed by atoms with E-state index in [9.17, 15) is 4.79 Å². The van der Waals surface area contributed by atoms with Crippen LogP contribution in [0.2, 0.25) is 0 Å². The van der Waals surface area contributed by atoms with E-state index < -0.39 is 6.10 Å². The molecule has 1 aromatic rings. The number of hydrogen-bond donors (Lipinski definition) is 1. The molecule has 1 heterocycles. The molecule has 1 unspecified atom stereocenters. The second-order valence-electron chi connectivity index (χ2n) is 4.76. The third-order valence-corrected chi connectivity index (χ3v) is 3.40. The lowest BCUT2D eigenvalue weighted by molar-refractivity contribution is -0.136. The third kappa shape index (κ3) is 2.58. The number of ether oxygens (including phenoxy) is 1. The maximum atomic E-state index is 12.1. The Hall–Kier alpha value is -1.71. The Labute approximate surface area is 108 Å². The van der Waals surface area contributed by atoms with E-state index in [1.54, 1.807) is 6.92 Å².